The molecular formula is C11H21N5O. The fourth-order valence-corrected chi connectivity index (χ4v) is 2.05. The van der Waals surface area contributed by atoms with E-state index in [1.54, 1.807) is 0 Å². The van der Waals surface area contributed by atoms with Crippen molar-refractivity contribution in [1.29, 1.82) is 0 Å². The molecule has 0 aliphatic carbocycles. The van der Waals surface area contributed by atoms with Gasteiger partial charge in [-0.15, -0.1) is 0 Å². The third kappa shape index (κ3) is 3.49. The van der Waals surface area contributed by atoms with E-state index in [0.717, 1.165) is 63.9 Å². The van der Waals surface area contributed by atoms with Crippen molar-refractivity contribution >= 4 is 0 Å². The Kier molecular flexibility index (Phi) is 4.47. The standard InChI is InChI=1S/C11H21N5O/c1-2-11-13-10(14-17-11)9-16-7-5-15(4-3-12)6-8-16/h2-9,12H2,1H3. The molecule has 2 rings (SSSR count). The Labute approximate surface area is 102 Å². The van der Waals surface area contributed by atoms with E-state index in [0.29, 0.717) is 0 Å². The molecule has 0 unspecified atom stereocenters. The quantitative estimate of drug-likeness (QED) is 0.761. The van der Waals surface area contributed by atoms with E-state index in [9.17, 15) is 0 Å². The zero-order valence-electron chi connectivity index (χ0n) is 10.4. The molecule has 1 aliphatic heterocycles. The Morgan fingerprint density at radius 2 is 1.94 bits per heavy atom. The van der Waals surface area contributed by atoms with Crippen LogP contribution < -0.4 is 5.73 Å². The first kappa shape index (κ1) is 12.5. The van der Waals surface area contributed by atoms with E-state index in [1.807, 2.05) is 6.92 Å². The average molecular weight is 239 g/mol. The maximum Gasteiger partial charge on any atom is 0.226 e. The van der Waals surface area contributed by atoms with Gasteiger partial charge in [-0.05, 0) is 0 Å². The number of rotatable bonds is 5. The van der Waals surface area contributed by atoms with E-state index in [2.05, 4.69) is 19.9 Å². The molecule has 6 heteroatoms. The Morgan fingerprint density at radius 1 is 1.24 bits per heavy atom. The van der Waals surface area contributed by atoms with Crippen LogP contribution in [0.2, 0.25) is 0 Å². The van der Waals surface area contributed by atoms with Crippen LogP contribution in [-0.4, -0.2) is 59.2 Å². The number of nitrogens with zero attached hydrogens (tertiary/aromatic N) is 4. The molecule has 0 saturated carbocycles. The number of aryl methyl sites for hydroxylation is 1. The van der Waals surface area contributed by atoms with Crippen molar-refractivity contribution in [2.45, 2.75) is 19.9 Å². The van der Waals surface area contributed by atoms with Gasteiger partial charge in [-0.25, -0.2) is 0 Å². The van der Waals surface area contributed by atoms with E-state index < -0.39 is 0 Å². The van der Waals surface area contributed by atoms with Gasteiger partial charge < -0.3 is 10.3 Å². The zero-order valence-corrected chi connectivity index (χ0v) is 10.4. The summed E-state index contributed by atoms with van der Waals surface area (Å²) in [5.74, 6) is 1.52. The van der Waals surface area contributed by atoms with Crippen molar-refractivity contribution in [1.82, 2.24) is 19.9 Å². The Morgan fingerprint density at radius 3 is 2.53 bits per heavy atom. The second-order valence-electron chi connectivity index (χ2n) is 4.36. The smallest absolute Gasteiger partial charge is 0.226 e. The van der Waals surface area contributed by atoms with Crippen LogP contribution in [-0.2, 0) is 13.0 Å². The summed E-state index contributed by atoms with van der Waals surface area (Å²) in [7, 11) is 0. The molecule has 0 aromatic carbocycles. The van der Waals surface area contributed by atoms with Gasteiger partial charge in [-0.3, -0.25) is 9.80 Å². The lowest BCUT2D eigenvalue weighted by Gasteiger charge is -2.33. The highest BCUT2D eigenvalue weighted by atomic mass is 16.5. The van der Waals surface area contributed by atoms with Crippen LogP contribution in [0.3, 0.4) is 0 Å². The van der Waals surface area contributed by atoms with Gasteiger partial charge in [0.15, 0.2) is 5.82 Å². The maximum atomic E-state index is 5.55. The molecule has 2 heterocycles. The van der Waals surface area contributed by atoms with Gasteiger partial charge in [0.05, 0.1) is 6.54 Å². The summed E-state index contributed by atoms with van der Waals surface area (Å²) in [4.78, 5) is 9.08. The fourth-order valence-electron chi connectivity index (χ4n) is 2.05. The summed E-state index contributed by atoms with van der Waals surface area (Å²) in [6.07, 6.45) is 0.803. The van der Waals surface area contributed by atoms with Crippen molar-refractivity contribution in [2.75, 3.05) is 39.3 Å². The second-order valence-corrected chi connectivity index (χ2v) is 4.36. The predicted molar refractivity (Wildman–Crippen MR) is 64.4 cm³/mol. The van der Waals surface area contributed by atoms with Gasteiger partial charge in [0, 0.05) is 45.7 Å². The molecule has 96 valence electrons. The summed E-state index contributed by atoms with van der Waals surface area (Å²) in [6.45, 7) is 8.81. The normalized spacial score (nSPS) is 18.7. The van der Waals surface area contributed by atoms with Crippen LogP contribution in [0.5, 0.6) is 0 Å². The highest BCUT2D eigenvalue weighted by molar-refractivity contribution is 4.87. The zero-order chi connectivity index (χ0) is 12.1. The first-order valence-corrected chi connectivity index (χ1v) is 6.28. The second kappa shape index (κ2) is 6.09. The van der Waals surface area contributed by atoms with Crippen LogP contribution in [0.1, 0.15) is 18.6 Å². The Balaban J connectivity index is 1.77. The van der Waals surface area contributed by atoms with Crippen LogP contribution in [0.4, 0.5) is 0 Å². The molecule has 0 bridgehead atoms. The van der Waals surface area contributed by atoms with Gasteiger partial charge in [-0.2, -0.15) is 4.98 Å². The fraction of sp³-hybridized carbons (Fsp3) is 0.818. The third-order valence-corrected chi connectivity index (χ3v) is 3.09. The highest BCUT2D eigenvalue weighted by Crippen LogP contribution is 2.06. The average Bonchev–Trinajstić information content (AvgIpc) is 2.80. The number of piperazine rings is 1. The summed E-state index contributed by atoms with van der Waals surface area (Å²) in [5.41, 5.74) is 5.55. The predicted octanol–water partition coefficient (Wildman–Crippen LogP) is -0.292. The lowest BCUT2D eigenvalue weighted by Crippen LogP contribution is -2.47. The SMILES string of the molecule is CCc1nc(CN2CCN(CCN)CC2)no1. The van der Waals surface area contributed by atoms with E-state index in [4.69, 9.17) is 10.3 Å². The van der Waals surface area contributed by atoms with Crippen LogP contribution in [0.15, 0.2) is 4.52 Å². The number of nitrogens with two attached hydrogens (primary N) is 1. The van der Waals surface area contributed by atoms with E-state index in [-0.39, 0.29) is 0 Å². The Bertz CT molecular complexity index is 332. The summed E-state index contributed by atoms with van der Waals surface area (Å²) >= 11 is 0. The minimum atomic E-state index is 0.724. The minimum absolute atomic E-state index is 0.724. The van der Waals surface area contributed by atoms with Crippen molar-refractivity contribution in [3.63, 3.8) is 0 Å². The van der Waals surface area contributed by atoms with Crippen molar-refractivity contribution in [3.8, 4) is 0 Å². The molecule has 0 radical (unpaired) electrons. The van der Waals surface area contributed by atoms with Gasteiger partial charge in [0.1, 0.15) is 0 Å². The van der Waals surface area contributed by atoms with Crippen LogP contribution in [0, 0.1) is 0 Å². The molecule has 2 N–H and O–H groups in total. The number of hydrogen-bond donors (Lipinski definition) is 1. The van der Waals surface area contributed by atoms with Gasteiger partial charge in [0.2, 0.25) is 5.89 Å². The van der Waals surface area contributed by atoms with Gasteiger partial charge >= 0.3 is 0 Å². The van der Waals surface area contributed by atoms with E-state index >= 15 is 0 Å². The first-order chi connectivity index (χ1) is 8.31. The lowest BCUT2D eigenvalue weighted by atomic mass is 10.3. The molecule has 1 aromatic heterocycles. The van der Waals surface area contributed by atoms with Crippen molar-refractivity contribution in [2.24, 2.45) is 5.73 Å². The molecule has 1 fully saturated rings. The molecule has 0 atom stereocenters. The molecule has 6 nitrogen and oxygen atoms in total. The molecular weight excluding hydrogens is 218 g/mol. The van der Waals surface area contributed by atoms with Crippen molar-refractivity contribution in [3.05, 3.63) is 11.7 Å². The highest BCUT2D eigenvalue weighted by Gasteiger charge is 2.17. The van der Waals surface area contributed by atoms with Crippen LogP contribution >= 0.6 is 0 Å². The van der Waals surface area contributed by atoms with Gasteiger partial charge in [-0.1, -0.05) is 12.1 Å². The number of aromatic nitrogens is 2. The topological polar surface area (TPSA) is 71.4 Å². The van der Waals surface area contributed by atoms with Crippen LogP contribution in [0.25, 0.3) is 0 Å². The summed E-state index contributed by atoms with van der Waals surface area (Å²) < 4.78 is 5.10. The lowest BCUT2D eigenvalue weighted by molar-refractivity contribution is 0.126. The molecule has 1 saturated heterocycles. The molecule has 1 aromatic rings. The number of hydrogen-bond acceptors (Lipinski definition) is 6. The monoisotopic (exact) mass is 239 g/mol. The first-order valence-electron chi connectivity index (χ1n) is 6.28. The maximum absolute atomic E-state index is 5.55. The molecule has 0 spiro atoms. The largest absolute Gasteiger partial charge is 0.339 e. The van der Waals surface area contributed by atoms with E-state index in [1.165, 1.54) is 0 Å². The molecule has 17 heavy (non-hydrogen) atoms. The minimum Gasteiger partial charge on any atom is -0.339 e. The summed E-state index contributed by atoms with van der Waals surface area (Å²) in [6, 6.07) is 0. The molecule has 1 aliphatic rings. The third-order valence-electron chi connectivity index (χ3n) is 3.09. The molecule has 0 amide bonds. The van der Waals surface area contributed by atoms with Gasteiger partial charge in [0.25, 0.3) is 0 Å². The summed E-state index contributed by atoms with van der Waals surface area (Å²) in [5, 5.41) is 3.98. The van der Waals surface area contributed by atoms with Crippen molar-refractivity contribution < 1.29 is 4.52 Å². The Hall–Kier alpha value is -0.980.